The number of aromatic nitrogens is 2. The minimum absolute atomic E-state index is 0.0349. The summed E-state index contributed by atoms with van der Waals surface area (Å²) in [6.07, 6.45) is 4.21. The number of halogens is 1. The zero-order valence-electron chi connectivity index (χ0n) is 13.6. The van der Waals surface area contributed by atoms with Crippen LogP contribution in [0, 0.1) is 5.82 Å². The lowest BCUT2D eigenvalue weighted by atomic mass is 10.1. The number of hydrogen-bond acceptors (Lipinski definition) is 3. The molecule has 0 atom stereocenters. The summed E-state index contributed by atoms with van der Waals surface area (Å²) in [5.41, 5.74) is 0.266. The van der Waals surface area contributed by atoms with Crippen LogP contribution in [0.3, 0.4) is 0 Å². The van der Waals surface area contributed by atoms with Crippen LogP contribution in [0.5, 0.6) is 0 Å². The average molecular weight is 333 g/mol. The fourth-order valence-corrected chi connectivity index (χ4v) is 2.05. The van der Waals surface area contributed by atoms with Gasteiger partial charge in [-0.1, -0.05) is 0 Å². The molecule has 2 aromatic rings. The van der Waals surface area contributed by atoms with Crippen molar-refractivity contribution in [3.63, 3.8) is 0 Å². The van der Waals surface area contributed by atoms with Crippen molar-refractivity contribution in [1.29, 1.82) is 0 Å². The third kappa shape index (κ3) is 4.80. The van der Waals surface area contributed by atoms with E-state index in [0.717, 1.165) is 6.07 Å². The Morgan fingerprint density at radius 2 is 2.12 bits per heavy atom. The summed E-state index contributed by atoms with van der Waals surface area (Å²) in [6, 6.07) is 5.16. The van der Waals surface area contributed by atoms with Crippen LogP contribution in [0.4, 0.5) is 14.9 Å². The second-order valence-electron chi connectivity index (χ2n) is 5.40. The largest absolute Gasteiger partial charge is 0.345 e. The molecule has 0 aliphatic heterocycles. The molecule has 1 heterocycles. The molecule has 7 nitrogen and oxygen atoms in total. The van der Waals surface area contributed by atoms with Crippen LogP contribution in [-0.2, 0) is 6.54 Å². The van der Waals surface area contributed by atoms with Gasteiger partial charge in [0.25, 0.3) is 5.91 Å². The first-order valence-corrected chi connectivity index (χ1v) is 7.51. The number of rotatable bonds is 6. The molecule has 1 aromatic carbocycles. The average Bonchev–Trinajstić information content (AvgIpc) is 3.06. The first-order chi connectivity index (χ1) is 11.5. The molecular formula is C16H20FN5O2. The van der Waals surface area contributed by atoms with Gasteiger partial charge in [0.15, 0.2) is 0 Å². The fraction of sp³-hybridized carbons (Fsp3) is 0.312. The molecule has 0 unspecified atom stereocenters. The Kier molecular flexibility index (Phi) is 5.89. The topological polar surface area (TPSA) is 79.3 Å². The number of nitrogens with zero attached hydrogens (tertiary/aromatic N) is 3. The van der Waals surface area contributed by atoms with E-state index in [9.17, 15) is 14.0 Å². The van der Waals surface area contributed by atoms with Crippen LogP contribution < -0.4 is 10.6 Å². The standard InChI is InChI=1S/C16H20FN5O2/c1-21(2)15(23)12-5-6-13(17)14(11-12)20-16(24)18-7-3-9-22-10-4-8-19-22/h4-6,8,10-11H,3,7,9H2,1-2H3,(H2,18,20,24). The minimum atomic E-state index is -0.600. The van der Waals surface area contributed by atoms with E-state index in [1.165, 1.54) is 17.0 Å². The minimum Gasteiger partial charge on any atom is -0.345 e. The van der Waals surface area contributed by atoms with Crippen LogP contribution in [0.25, 0.3) is 0 Å². The molecule has 3 amide bonds. The van der Waals surface area contributed by atoms with Crippen molar-refractivity contribution in [3.05, 3.63) is 48.0 Å². The van der Waals surface area contributed by atoms with Crippen molar-refractivity contribution in [1.82, 2.24) is 20.0 Å². The van der Waals surface area contributed by atoms with E-state index in [2.05, 4.69) is 15.7 Å². The lowest BCUT2D eigenvalue weighted by Gasteiger charge is -2.13. The van der Waals surface area contributed by atoms with Crippen LogP contribution in [-0.4, -0.2) is 47.3 Å². The zero-order chi connectivity index (χ0) is 17.5. The molecule has 1 aromatic heterocycles. The molecule has 0 saturated carbocycles. The molecule has 128 valence electrons. The molecular weight excluding hydrogens is 313 g/mol. The van der Waals surface area contributed by atoms with Gasteiger partial charge in [-0.2, -0.15) is 5.10 Å². The van der Waals surface area contributed by atoms with E-state index >= 15 is 0 Å². The van der Waals surface area contributed by atoms with Crippen LogP contribution >= 0.6 is 0 Å². The quantitative estimate of drug-likeness (QED) is 0.793. The Morgan fingerprint density at radius 3 is 2.79 bits per heavy atom. The molecule has 8 heteroatoms. The summed E-state index contributed by atoms with van der Waals surface area (Å²) in [4.78, 5) is 25.1. The van der Waals surface area contributed by atoms with Gasteiger partial charge < -0.3 is 15.5 Å². The molecule has 0 radical (unpaired) electrons. The Labute approximate surface area is 139 Å². The van der Waals surface area contributed by atoms with E-state index in [-0.39, 0.29) is 11.6 Å². The molecule has 0 spiro atoms. The molecule has 0 aliphatic rings. The first-order valence-electron chi connectivity index (χ1n) is 7.51. The monoisotopic (exact) mass is 333 g/mol. The van der Waals surface area contributed by atoms with E-state index < -0.39 is 11.8 Å². The van der Waals surface area contributed by atoms with Gasteiger partial charge in [0.05, 0.1) is 5.69 Å². The van der Waals surface area contributed by atoms with Gasteiger partial charge in [-0.3, -0.25) is 9.48 Å². The number of carbonyl (C=O) groups excluding carboxylic acids is 2. The van der Waals surface area contributed by atoms with Crippen LogP contribution in [0.2, 0.25) is 0 Å². The lowest BCUT2D eigenvalue weighted by molar-refractivity contribution is 0.0827. The fourth-order valence-electron chi connectivity index (χ4n) is 2.05. The molecule has 0 saturated heterocycles. The number of urea groups is 1. The van der Waals surface area contributed by atoms with Gasteiger partial charge >= 0.3 is 6.03 Å². The van der Waals surface area contributed by atoms with E-state index in [4.69, 9.17) is 0 Å². The zero-order valence-corrected chi connectivity index (χ0v) is 13.6. The predicted molar refractivity (Wildman–Crippen MR) is 88.3 cm³/mol. The van der Waals surface area contributed by atoms with Gasteiger partial charge in [0, 0.05) is 45.1 Å². The van der Waals surface area contributed by atoms with Gasteiger partial charge in [-0.15, -0.1) is 0 Å². The second-order valence-corrected chi connectivity index (χ2v) is 5.40. The number of nitrogens with one attached hydrogen (secondary N) is 2. The summed E-state index contributed by atoms with van der Waals surface area (Å²) in [5, 5.41) is 9.11. The summed E-state index contributed by atoms with van der Waals surface area (Å²) in [6.45, 7) is 1.10. The van der Waals surface area contributed by atoms with Crippen molar-refractivity contribution in [2.24, 2.45) is 0 Å². The first kappa shape index (κ1) is 17.5. The number of carbonyl (C=O) groups is 2. The highest BCUT2D eigenvalue weighted by Crippen LogP contribution is 2.17. The molecule has 2 rings (SSSR count). The highest BCUT2D eigenvalue weighted by atomic mass is 19.1. The van der Waals surface area contributed by atoms with Crippen LogP contribution in [0.15, 0.2) is 36.7 Å². The van der Waals surface area contributed by atoms with Crippen molar-refractivity contribution >= 4 is 17.6 Å². The third-order valence-corrected chi connectivity index (χ3v) is 3.28. The lowest BCUT2D eigenvalue weighted by Crippen LogP contribution is -2.30. The van der Waals surface area contributed by atoms with Gasteiger partial charge in [0.2, 0.25) is 0 Å². The molecule has 0 fully saturated rings. The smallest absolute Gasteiger partial charge is 0.319 e. The van der Waals surface area contributed by atoms with Crippen molar-refractivity contribution < 1.29 is 14.0 Å². The number of hydrogen-bond donors (Lipinski definition) is 2. The summed E-state index contributed by atoms with van der Waals surface area (Å²) < 4.78 is 15.5. The van der Waals surface area contributed by atoms with E-state index in [0.29, 0.717) is 25.1 Å². The van der Waals surface area contributed by atoms with Crippen LogP contribution in [0.1, 0.15) is 16.8 Å². The van der Waals surface area contributed by atoms with Gasteiger partial charge in [0.1, 0.15) is 5.82 Å². The van der Waals surface area contributed by atoms with E-state index in [1.54, 1.807) is 25.0 Å². The number of anilines is 1. The maximum atomic E-state index is 13.8. The van der Waals surface area contributed by atoms with Gasteiger partial charge in [-0.05, 0) is 30.7 Å². The maximum Gasteiger partial charge on any atom is 0.319 e. The molecule has 2 N–H and O–H groups in total. The highest BCUT2D eigenvalue weighted by molar-refractivity contribution is 5.96. The number of aryl methyl sites for hydroxylation is 1. The Morgan fingerprint density at radius 1 is 1.33 bits per heavy atom. The summed E-state index contributed by atoms with van der Waals surface area (Å²) in [5.74, 6) is -0.866. The summed E-state index contributed by atoms with van der Waals surface area (Å²) in [7, 11) is 3.20. The van der Waals surface area contributed by atoms with E-state index in [1.807, 2.05) is 12.3 Å². The SMILES string of the molecule is CN(C)C(=O)c1ccc(F)c(NC(=O)NCCCn2cccn2)c1. The van der Waals surface area contributed by atoms with Crippen molar-refractivity contribution in [2.75, 3.05) is 26.0 Å². The Hall–Kier alpha value is -2.90. The number of benzene rings is 1. The van der Waals surface area contributed by atoms with Gasteiger partial charge in [-0.25, -0.2) is 9.18 Å². The highest BCUT2D eigenvalue weighted by Gasteiger charge is 2.13. The molecule has 0 aliphatic carbocycles. The Balaban J connectivity index is 1.86. The molecule has 0 bridgehead atoms. The normalized spacial score (nSPS) is 10.3. The summed E-state index contributed by atoms with van der Waals surface area (Å²) >= 11 is 0. The molecule has 24 heavy (non-hydrogen) atoms. The predicted octanol–water partition coefficient (Wildman–Crippen LogP) is 1.94. The maximum absolute atomic E-state index is 13.8. The second kappa shape index (κ2) is 8.09. The number of amides is 3. The third-order valence-electron chi connectivity index (χ3n) is 3.28. The Bertz CT molecular complexity index is 700. The van der Waals surface area contributed by atoms with Crippen molar-refractivity contribution in [3.8, 4) is 0 Å². The van der Waals surface area contributed by atoms with Crippen molar-refractivity contribution in [2.45, 2.75) is 13.0 Å².